The lowest BCUT2D eigenvalue weighted by Gasteiger charge is -2.29. The van der Waals surface area contributed by atoms with Gasteiger partial charge in [0.25, 0.3) is 0 Å². The molecule has 0 bridgehead atoms. The molecule has 3 aromatic heterocycles. The Bertz CT molecular complexity index is 2130. The van der Waals surface area contributed by atoms with Crippen molar-refractivity contribution in [3.05, 3.63) is 88.2 Å². The number of aliphatic hydroxyl groups is 1. The number of hydrogen-bond acceptors (Lipinski definition) is 9. The number of hydrogen-bond donors (Lipinski definition) is 3. The largest absolute Gasteiger partial charge is 0.481 e. The summed E-state index contributed by atoms with van der Waals surface area (Å²) >= 11 is 14.2. The second-order valence-electron chi connectivity index (χ2n) is 14.1. The van der Waals surface area contributed by atoms with Crippen LogP contribution in [-0.2, 0) is 22.6 Å². The van der Waals surface area contributed by atoms with Crippen LogP contribution in [0, 0.1) is 0 Å². The molecule has 2 aromatic carbocycles. The molecule has 2 atom stereocenters. The monoisotopic (exact) mass is 759 g/mol. The quantitative estimate of drug-likeness (QED) is 0.123. The summed E-state index contributed by atoms with van der Waals surface area (Å²) in [6.45, 7) is 8.58. The maximum atomic E-state index is 13.3. The van der Waals surface area contributed by atoms with Crippen molar-refractivity contribution in [2.45, 2.75) is 71.4 Å². The number of carbonyl (C=O) groups excluding carboxylic acids is 2. The van der Waals surface area contributed by atoms with Gasteiger partial charge >= 0.3 is 6.09 Å². The predicted molar refractivity (Wildman–Crippen MR) is 205 cm³/mol. The van der Waals surface area contributed by atoms with Gasteiger partial charge in [0.2, 0.25) is 11.8 Å². The number of ether oxygens (including phenoxy) is 2. The van der Waals surface area contributed by atoms with Crippen molar-refractivity contribution < 1.29 is 24.2 Å². The zero-order valence-corrected chi connectivity index (χ0v) is 31.8. The Labute approximate surface area is 318 Å². The summed E-state index contributed by atoms with van der Waals surface area (Å²) < 4.78 is 13.1. The molecule has 0 spiro atoms. The second-order valence-corrected chi connectivity index (χ2v) is 14.9. The van der Waals surface area contributed by atoms with Crippen LogP contribution < -0.4 is 15.4 Å². The third kappa shape index (κ3) is 9.08. The smallest absolute Gasteiger partial charge is 0.410 e. The van der Waals surface area contributed by atoms with Crippen molar-refractivity contribution in [3.8, 4) is 39.5 Å². The Morgan fingerprint density at radius 1 is 1.02 bits per heavy atom. The number of fused-ring (bicyclic) bond motifs is 1. The van der Waals surface area contributed by atoms with Crippen molar-refractivity contribution in [1.82, 2.24) is 35.1 Å². The number of rotatable bonds is 12. The van der Waals surface area contributed by atoms with Crippen LogP contribution >= 0.6 is 23.2 Å². The minimum Gasteiger partial charge on any atom is -0.481 e. The number of imidazole rings is 1. The van der Waals surface area contributed by atoms with Gasteiger partial charge in [-0.15, -0.1) is 0 Å². The van der Waals surface area contributed by atoms with Crippen molar-refractivity contribution in [3.63, 3.8) is 0 Å². The summed E-state index contributed by atoms with van der Waals surface area (Å²) in [5, 5.41) is 21.4. The summed E-state index contributed by atoms with van der Waals surface area (Å²) in [6, 6.07) is 18.7. The molecule has 2 amide bonds. The van der Waals surface area contributed by atoms with E-state index in [4.69, 9.17) is 42.8 Å². The highest BCUT2D eigenvalue weighted by atomic mass is 35.5. The van der Waals surface area contributed by atoms with E-state index in [-0.39, 0.29) is 25.0 Å². The van der Waals surface area contributed by atoms with Gasteiger partial charge in [-0.05, 0) is 58.4 Å². The molecule has 14 heteroatoms. The van der Waals surface area contributed by atoms with Crippen LogP contribution in [0.2, 0.25) is 10.0 Å². The van der Waals surface area contributed by atoms with Crippen molar-refractivity contribution in [1.29, 1.82) is 0 Å². The van der Waals surface area contributed by atoms with Gasteiger partial charge in [0.15, 0.2) is 5.65 Å². The first-order valence-electron chi connectivity index (χ1n) is 17.4. The average molecular weight is 761 g/mol. The van der Waals surface area contributed by atoms with Crippen LogP contribution in [0.3, 0.4) is 0 Å². The van der Waals surface area contributed by atoms with Gasteiger partial charge in [0, 0.05) is 59.9 Å². The van der Waals surface area contributed by atoms with E-state index in [2.05, 4.69) is 15.6 Å². The second kappa shape index (κ2) is 16.1. The summed E-state index contributed by atoms with van der Waals surface area (Å²) in [5.41, 5.74) is 5.53. The standard InChI is InChI=1S/C39H43Cl2N7O5/c1-23(49)18-42-19-26-22-48-33(43-26)16-15-32(46-48)30-11-7-9-28(36(30)41)27-8-6-10-29(35(27)40)31-14-12-24(37(45-31)52-5)20-47(38(51)53-39(2,3)4)21-25-13-17-34(50)44-25/h6-12,14-16,22-23,25,42,49H,13,17-21H2,1-5H3,(H,44,50)/t23?,25-/m0/s1. The number of aliphatic hydroxyl groups excluding tert-OH is 1. The molecule has 5 aromatic rings. The summed E-state index contributed by atoms with van der Waals surface area (Å²) in [4.78, 5) is 36.2. The van der Waals surface area contributed by atoms with Gasteiger partial charge in [-0.3, -0.25) is 4.79 Å². The number of nitrogens with one attached hydrogen (secondary N) is 2. The molecule has 0 aliphatic carbocycles. The Balaban J connectivity index is 1.27. The van der Waals surface area contributed by atoms with Crippen molar-refractivity contribution in [2.75, 3.05) is 20.2 Å². The highest BCUT2D eigenvalue weighted by molar-refractivity contribution is 6.39. The molecule has 1 saturated heterocycles. The van der Waals surface area contributed by atoms with Gasteiger partial charge in [0.1, 0.15) is 5.60 Å². The summed E-state index contributed by atoms with van der Waals surface area (Å²) in [6.07, 6.45) is 1.96. The van der Waals surface area contributed by atoms with E-state index in [9.17, 15) is 14.7 Å². The fourth-order valence-electron chi connectivity index (χ4n) is 6.18. The predicted octanol–water partition coefficient (Wildman–Crippen LogP) is 6.93. The number of nitrogens with zero attached hydrogens (tertiary/aromatic N) is 5. The molecule has 12 nitrogen and oxygen atoms in total. The minimum absolute atomic E-state index is 0.0320. The van der Waals surface area contributed by atoms with E-state index in [1.807, 2.05) is 87.6 Å². The van der Waals surface area contributed by atoms with Crippen LogP contribution in [0.15, 0.2) is 66.9 Å². The molecule has 6 rings (SSSR count). The SMILES string of the molecule is COc1nc(-c2cccc(-c3cccc(-c4ccc5nc(CNCC(C)O)cn5n4)c3Cl)c2Cl)ccc1CN(C[C@@H]1CCC(=O)N1)C(=O)OC(C)(C)C. The normalized spacial score (nSPS) is 15.0. The van der Waals surface area contributed by atoms with Crippen LogP contribution in [0.1, 0.15) is 51.8 Å². The first-order chi connectivity index (χ1) is 25.3. The Kier molecular flexibility index (Phi) is 11.5. The van der Waals surface area contributed by atoms with E-state index < -0.39 is 17.8 Å². The van der Waals surface area contributed by atoms with E-state index in [0.29, 0.717) is 75.6 Å². The first kappa shape index (κ1) is 38.0. The average Bonchev–Trinajstić information content (AvgIpc) is 3.72. The van der Waals surface area contributed by atoms with E-state index in [1.165, 1.54) is 7.11 Å². The number of halogens is 2. The lowest BCUT2D eigenvalue weighted by Crippen LogP contribution is -2.43. The minimum atomic E-state index is -0.697. The molecule has 53 heavy (non-hydrogen) atoms. The topological polar surface area (TPSA) is 143 Å². The Morgan fingerprint density at radius 2 is 1.68 bits per heavy atom. The molecule has 1 aliphatic heterocycles. The zero-order chi connectivity index (χ0) is 37.9. The number of pyridine rings is 1. The molecule has 3 N–H and O–H groups in total. The number of amides is 2. The highest BCUT2D eigenvalue weighted by Crippen LogP contribution is 2.42. The van der Waals surface area contributed by atoms with E-state index >= 15 is 0 Å². The third-order valence-electron chi connectivity index (χ3n) is 8.63. The first-order valence-corrected chi connectivity index (χ1v) is 18.2. The van der Waals surface area contributed by atoms with Crippen molar-refractivity contribution >= 4 is 40.8 Å². The number of carbonyl (C=O) groups is 2. The van der Waals surface area contributed by atoms with Gasteiger partial charge in [0.05, 0.1) is 53.1 Å². The molecular formula is C39H43Cl2N7O5. The van der Waals surface area contributed by atoms with Gasteiger partial charge in [-0.1, -0.05) is 59.6 Å². The highest BCUT2D eigenvalue weighted by Gasteiger charge is 2.29. The maximum absolute atomic E-state index is 13.3. The van der Waals surface area contributed by atoms with Gasteiger partial charge < -0.3 is 30.1 Å². The van der Waals surface area contributed by atoms with Crippen LogP contribution in [0.5, 0.6) is 5.88 Å². The fraction of sp³-hybridized carbons (Fsp3) is 0.359. The third-order valence-corrected chi connectivity index (χ3v) is 9.44. The molecule has 1 aliphatic rings. The molecule has 1 fully saturated rings. The molecule has 1 unspecified atom stereocenters. The lowest BCUT2D eigenvalue weighted by molar-refractivity contribution is -0.119. The van der Waals surface area contributed by atoms with Crippen LogP contribution in [-0.4, -0.2) is 79.5 Å². The van der Waals surface area contributed by atoms with Crippen LogP contribution in [0.25, 0.3) is 39.3 Å². The number of aromatic nitrogens is 4. The fourth-order valence-corrected chi connectivity index (χ4v) is 6.83. The van der Waals surface area contributed by atoms with E-state index in [1.54, 1.807) is 16.3 Å². The molecular weight excluding hydrogens is 717 g/mol. The van der Waals surface area contributed by atoms with Gasteiger partial charge in [-0.2, -0.15) is 5.10 Å². The summed E-state index contributed by atoms with van der Waals surface area (Å²) in [5.74, 6) is 0.298. The lowest BCUT2D eigenvalue weighted by atomic mass is 9.98. The molecule has 0 saturated carbocycles. The molecule has 0 radical (unpaired) electrons. The molecule has 278 valence electrons. The van der Waals surface area contributed by atoms with Crippen molar-refractivity contribution in [2.24, 2.45) is 0 Å². The van der Waals surface area contributed by atoms with Gasteiger partial charge in [-0.25, -0.2) is 19.3 Å². The Morgan fingerprint density at radius 3 is 2.30 bits per heavy atom. The molecule has 4 heterocycles. The van der Waals surface area contributed by atoms with Crippen LogP contribution in [0.4, 0.5) is 4.79 Å². The maximum Gasteiger partial charge on any atom is 0.410 e. The number of methoxy groups -OCH3 is 1. The van der Waals surface area contributed by atoms with E-state index in [0.717, 1.165) is 16.8 Å². The Hall–Kier alpha value is -4.75. The zero-order valence-electron chi connectivity index (χ0n) is 30.3. The summed E-state index contributed by atoms with van der Waals surface area (Å²) in [7, 11) is 1.53. The number of benzene rings is 2.